The Kier molecular flexibility index (Phi) is 4.02. The molecule has 2 aromatic rings. The van der Waals surface area contributed by atoms with Crippen molar-refractivity contribution in [1.82, 2.24) is 0 Å². The molecule has 3 heteroatoms. The van der Waals surface area contributed by atoms with Crippen LogP contribution in [-0.2, 0) is 19.3 Å². The normalized spacial score (nSPS) is 15.2. The van der Waals surface area contributed by atoms with Gasteiger partial charge in [0.05, 0.1) is 10.0 Å². The molecule has 20 heavy (non-hydrogen) atoms. The van der Waals surface area contributed by atoms with Crippen LogP contribution in [0.15, 0.2) is 36.4 Å². The van der Waals surface area contributed by atoms with E-state index in [1.807, 2.05) is 12.1 Å². The second kappa shape index (κ2) is 5.77. The number of nitrogens with two attached hydrogens (primary N) is 1. The van der Waals surface area contributed by atoms with Crippen LogP contribution in [-0.4, -0.2) is 0 Å². The summed E-state index contributed by atoms with van der Waals surface area (Å²) < 4.78 is 0. The lowest BCUT2D eigenvalue weighted by Gasteiger charge is -2.15. The lowest BCUT2D eigenvalue weighted by Crippen LogP contribution is -2.14. The molecule has 1 unspecified atom stereocenters. The highest BCUT2D eigenvalue weighted by molar-refractivity contribution is 6.42. The maximum absolute atomic E-state index is 6.30. The number of fused-ring (bicyclic) bond motifs is 1. The van der Waals surface area contributed by atoms with Crippen LogP contribution in [0.25, 0.3) is 0 Å². The average molecular weight is 306 g/mol. The standard InChI is InChI=1S/C17H17Cl2N/c18-15-6-2-5-14(17(15)19)16(20)10-11-7-8-12-3-1-4-13(12)9-11/h2,5-9,16H,1,3-4,10,20H2. The number of halogens is 2. The molecule has 2 aromatic carbocycles. The highest BCUT2D eigenvalue weighted by Gasteiger charge is 2.15. The van der Waals surface area contributed by atoms with Crippen molar-refractivity contribution in [1.29, 1.82) is 0 Å². The largest absolute Gasteiger partial charge is 0.324 e. The van der Waals surface area contributed by atoms with Gasteiger partial charge in [-0.25, -0.2) is 0 Å². The Hall–Kier alpha value is -1.02. The second-order valence-corrected chi connectivity index (χ2v) is 6.20. The van der Waals surface area contributed by atoms with Crippen LogP contribution in [0.3, 0.4) is 0 Å². The Bertz CT molecular complexity index is 637. The van der Waals surface area contributed by atoms with E-state index in [9.17, 15) is 0 Å². The van der Waals surface area contributed by atoms with E-state index in [0.29, 0.717) is 10.0 Å². The van der Waals surface area contributed by atoms with Crippen LogP contribution < -0.4 is 5.73 Å². The SMILES string of the molecule is NC(Cc1ccc2c(c1)CCC2)c1cccc(Cl)c1Cl. The molecule has 0 radical (unpaired) electrons. The molecule has 0 bridgehead atoms. The van der Waals surface area contributed by atoms with Crippen LogP contribution >= 0.6 is 23.2 Å². The van der Waals surface area contributed by atoms with E-state index in [1.165, 1.54) is 36.0 Å². The van der Waals surface area contributed by atoms with Gasteiger partial charge < -0.3 is 5.73 Å². The third-order valence-corrected chi connectivity index (χ3v) is 4.83. The van der Waals surface area contributed by atoms with Gasteiger partial charge in [0.1, 0.15) is 0 Å². The van der Waals surface area contributed by atoms with Gasteiger partial charge in [0.15, 0.2) is 0 Å². The Labute approximate surface area is 129 Å². The molecule has 0 saturated heterocycles. The molecular formula is C17H17Cl2N. The van der Waals surface area contributed by atoms with Crippen molar-refractivity contribution in [3.63, 3.8) is 0 Å². The lowest BCUT2D eigenvalue weighted by molar-refractivity contribution is 0.721. The topological polar surface area (TPSA) is 26.0 Å². The smallest absolute Gasteiger partial charge is 0.0640 e. The predicted octanol–water partition coefficient (Wildman–Crippen LogP) is 4.72. The van der Waals surface area contributed by atoms with Gasteiger partial charge in [0.2, 0.25) is 0 Å². The van der Waals surface area contributed by atoms with Crippen molar-refractivity contribution in [3.8, 4) is 0 Å². The zero-order valence-corrected chi connectivity index (χ0v) is 12.7. The van der Waals surface area contributed by atoms with E-state index in [4.69, 9.17) is 28.9 Å². The quantitative estimate of drug-likeness (QED) is 0.872. The molecule has 0 amide bonds. The third kappa shape index (κ3) is 2.71. The van der Waals surface area contributed by atoms with E-state index in [1.54, 1.807) is 6.07 Å². The summed E-state index contributed by atoms with van der Waals surface area (Å²) in [6.07, 6.45) is 4.45. The zero-order valence-electron chi connectivity index (χ0n) is 11.2. The second-order valence-electron chi connectivity index (χ2n) is 5.41. The fourth-order valence-electron chi connectivity index (χ4n) is 2.92. The summed E-state index contributed by atoms with van der Waals surface area (Å²) in [7, 11) is 0. The molecule has 3 rings (SSSR count). The fraction of sp³-hybridized carbons (Fsp3) is 0.294. The number of aryl methyl sites for hydroxylation is 2. The number of hydrogen-bond acceptors (Lipinski definition) is 1. The first-order chi connectivity index (χ1) is 9.65. The van der Waals surface area contributed by atoms with Crippen molar-refractivity contribution < 1.29 is 0 Å². The van der Waals surface area contributed by atoms with E-state index in [-0.39, 0.29) is 6.04 Å². The van der Waals surface area contributed by atoms with Crippen molar-refractivity contribution in [2.45, 2.75) is 31.7 Å². The van der Waals surface area contributed by atoms with E-state index < -0.39 is 0 Å². The lowest BCUT2D eigenvalue weighted by atomic mass is 9.97. The van der Waals surface area contributed by atoms with Gasteiger partial charge in [-0.15, -0.1) is 0 Å². The molecule has 0 fully saturated rings. The molecule has 0 spiro atoms. The molecule has 0 saturated carbocycles. The summed E-state index contributed by atoms with van der Waals surface area (Å²) >= 11 is 12.3. The molecule has 1 atom stereocenters. The van der Waals surface area contributed by atoms with E-state index in [2.05, 4.69) is 18.2 Å². The molecule has 0 aliphatic heterocycles. The molecule has 104 valence electrons. The van der Waals surface area contributed by atoms with Crippen LogP contribution in [0.4, 0.5) is 0 Å². The monoisotopic (exact) mass is 305 g/mol. The van der Waals surface area contributed by atoms with Crippen molar-refractivity contribution >= 4 is 23.2 Å². The number of hydrogen-bond donors (Lipinski definition) is 1. The van der Waals surface area contributed by atoms with Crippen LogP contribution in [0.5, 0.6) is 0 Å². The van der Waals surface area contributed by atoms with E-state index >= 15 is 0 Å². The number of rotatable bonds is 3. The summed E-state index contributed by atoms with van der Waals surface area (Å²) in [4.78, 5) is 0. The Balaban J connectivity index is 1.82. The van der Waals surface area contributed by atoms with Crippen LogP contribution in [0.1, 0.15) is 34.7 Å². The molecule has 0 heterocycles. The molecule has 0 aromatic heterocycles. The van der Waals surface area contributed by atoms with Crippen molar-refractivity contribution in [3.05, 3.63) is 68.7 Å². The maximum atomic E-state index is 6.30. The molecule has 1 aliphatic carbocycles. The minimum atomic E-state index is -0.124. The first-order valence-electron chi connectivity index (χ1n) is 6.95. The zero-order chi connectivity index (χ0) is 14.1. The predicted molar refractivity (Wildman–Crippen MR) is 85.6 cm³/mol. The van der Waals surface area contributed by atoms with Gasteiger partial charge in [-0.3, -0.25) is 0 Å². The third-order valence-electron chi connectivity index (χ3n) is 4.00. The first-order valence-corrected chi connectivity index (χ1v) is 7.71. The maximum Gasteiger partial charge on any atom is 0.0640 e. The van der Waals surface area contributed by atoms with Crippen molar-refractivity contribution in [2.24, 2.45) is 5.73 Å². The molecule has 1 nitrogen and oxygen atoms in total. The highest BCUT2D eigenvalue weighted by atomic mass is 35.5. The molecular weight excluding hydrogens is 289 g/mol. The van der Waals surface area contributed by atoms with E-state index in [0.717, 1.165) is 12.0 Å². The summed E-state index contributed by atoms with van der Waals surface area (Å²) in [6, 6.07) is 12.2. The minimum Gasteiger partial charge on any atom is -0.324 e. The average Bonchev–Trinajstić information content (AvgIpc) is 2.89. The van der Waals surface area contributed by atoms with Gasteiger partial charge in [-0.05, 0) is 54.0 Å². The van der Waals surface area contributed by atoms with Crippen LogP contribution in [0, 0.1) is 0 Å². The van der Waals surface area contributed by atoms with Gasteiger partial charge in [0.25, 0.3) is 0 Å². The highest BCUT2D eigenvalue weighted by Crippen LogP contribution is 2.31. The minimum absolute atomic E-state index is 0.124. The van der Waals surface area contributed by atoms with Gasteiger partial charge >= 0.3 is 0 Å². The summed E-state index contributed by atoms with van der Waals surface area (Å²) in [5.41, 5.74) is 11.5. The Morgan fingerprint density at radius 3 is 2.70 bits per heavy atom. The Morgan fingerprint density at radius 1 is 1.05 bits per heavy atom. The van der Waals surface area contributed by atoms with Crippen LogP contribution in [0.2, 0.25) is 10.0 Å². The van der Waals surface area contributed by atoms with Gasteiger partial charge in [-0.1, -0.05) is 53.5 Å². The summed E-state index contributed by atoms with van der Waals surface area (Å²) in [6.45, 7) is 0. The van der Waals surface area contributed by atoms with Crippen molar-refractivity contribution in [2.75, 3.05) is 0 Å². The fourth-order valence-corrected chi connectivity index (χ4v) is 3.37. The number of benzene rings is 2. The first kappa shape index (κ1) is 13.9. The summed E-state index contributed by atoms with van der Waals surface area (Å²) in [5.74, 6) is 0. The summed E-state index contributed by atoms with van der Waals surface area (Å²) in [5, 5.41) is 1.14. The van der Waals surface area contributed by atoms with Gasteiger partial charge in [-0.2, -0.15) is 0 Å². The Morgan fingerprint density at radius 2 is 1.85 bits per heavy atom. The molecule has 2 N–H and O–H groups in total. The van der Waals surface area contributed by atoms with Gasteiger partial charge in [0, 0.05) is 6.04 Å². The molecule has 1 aliphatic rings.